The zero-order valence-electron chi connectivity index (χ0n) is 8.26. The van der Waals surface area contributed by atoms with Crippen molar-refractivity contribution in [3.8, 4) is 0 Å². The second-order valence-electron chi connectivity index (χ2n) is 4.40. The van der Waals surface area contributed by atoms with E-state index >= 15 is 0 Å². The largest absolute Gasteiger partial charge is 0.402 e. The van der Waals surface area contributed by atoms with Gasteiger partial charge in [0.25, 0.3) is 0 Å². The molecule has 0 amide bonds. The molecule has 0 unspecified atom stereocenters. The molecule has 1 heterocycles. The molecule has 1 saturated heterocycles. The van der Waals surface area contributed by atoms with Gasteiger partial charge in [0.05, 0.1) is 0 Å². The van der Waals surface area contributed by atoms with E-state index in [1.165, 1.54) is 38.8 Å². The Morgan fingerprint density at radius 3 is 2.54 bits per heavy atom. The molecule has 1 fully saturated rings. The van der Waals surface area contributed by atoms with Gasteiger partial charge in [0.1, 0.15) is 0 Å². The predicted octanol–water partition coefficient (Wildman–Crippen LogP) is 1.63. The molecule has 2 rings (SSSR count). The molecule has 1 atom stereocenters. The molecular formula is C11H20N2. The van der Waals surface area contributed by atoms with Crippen molar-refractivity contribution in [3.05, 3.63) is 11.8 Å². The highest BCUT2D eigenvalue weighted by Gasteiger charge is 2.24. The van der Waals surface area contributed by atoms with E-state index in [1.54, 1.807) is 0 Å². The zero-order chi connectivity index (χ0) is 9.10. The normalized spacial score (nSPS) is 31.4. The SMILES string of the molecule is NC1=CC[C@H](C2CCNCC2)CC1. The van der Waals surface area contributed by atoms with Crippen molar-refractivity contribution < 1.29 is 0 Å². The number of nitrogens with one attached hydrogen (secondary N) is 1. The van der Waals surface area contributed by atoms with Crippen molar-refractivity contribution in [3.63, 3.8) is 0 Å². The van der Waals surface area contributed by atoms with Crippen molar-refractivity contribution in [1.82, 2.24) is 5.32 Å². The number of hydrogen-bond donors (Lipinski definition) is 2. The molecule has 2 aliphatic rings. The minimum Gasteiger partial charge on any atom is -0.402 e. The van der Waals surface area contributed by atoms with Crippen molar-refractivity contribution in [1.29, 1.82) is 0 Å². The van der Waals surface area contributed by atoms with Crippen molar-refractivity contribution in [2.75, 3.05) is 13.1 Å². The fourth-order valence-corrected chi connectivity index (χ4v) is 2.62. The molecule has 0 bridgehead atoms. The van der Waals surface area contributed by atoms with E-state index in [9.17, 15) is 0 Å². The van der Waals surface area contributed by atoms with E-state index < -0.39 is 0 Å². The van der Waals surface area contributed by atoms with Crippen LogP contribution in [-0.4, -0.2) is 13.1 Å². The Labute approximate surface area is 80.6 Å². The van der Waals surface area contributed by atoms with Crippen molar-refractivity contribution in [2.45, 2.75) is 32.1 Å². The third-order valence-corrected chi connectivity index (χ3v) is 3.54. The Morgan fingerprint density at radius 2 is 1.92 bits per heavy atom. The molecule has 1 aliphatic heterocycles. The molecule has 0 aromatic heterocycles. The van der Waals surface area contributed by atoms with Gasteiger partial charge in [-0.25, -0.2) is 0 Å². The molecule has 3 N–H and O–H groups in total. The first-order valence-electron chi connectivity index (χ1n) is 5.51. The summed E-state index contributed by atoms with van der Waals surface area (Å²) in [5.41, 5.74) is 6.89. The molecular weight excluding hydrogens is 160 g/mol. The smallest absolute Gasteiger partial charge is 0.00401 e. The van der Waals surface area contributed by atoms with Crippen LogP contribution < -0.4 is 11.1 Å². The van der Waals surface area contributed by atoms with Crippen LogP contribution in [-0.2, 0) is 0 Å². The van der Waals surface area contributed by atoms with Crippen LogP contribution in [0.5, 0.6) is 0 Å². The number of allylic oxidation sites excluding steroid dienone is 2. The topological polar surface area (TPSA) is 38.0 Å². The second kappa shape index (κ2) is 4.14. The predicted molar refractivity (Wildman–Crippen MR) is 55.2 cm³/mol. The molecule has 0 aromatic rings. The summed E-state index contributed by atoms with van der Waals surface area (Å²) in [6, 6.07) is 0. The van der Waals surface area contributed by atoms with Gasteiger partial charge in [-0.1, -0.05) is 6.08 Å². The van der Waals surface area contributed by atoms with E-state index in [0.717, 1.165) is 24.0 Å². The molecule has 1 aliphatic carbocycles. The van der Waals surface area contributed by atoms with Gasteiger partial charge in [-0.05, 0) is 57.0 Å². The summed E-state index contributed by atoms with van der Waals surface area (Å²) in [5.74, 6) is 1.89. The Hall–Kier alpha value is -0.500. The summed E-state index contributed by atoms with van der Waals surface area (Å²) >= 11 is 0. The molecule has 0 radical (unpaired) electrons. The van der Waals surface area contributed by atoms with E-state index in [2.05, 4.69) is 11.4 Å². The van der Waals surface area contributed by atoms with Crippen LogP contribution in [0.2, 0.25) is 0 Å². The van der Waals surface area contributed by atoms with Crippen LogP contribution in [0.1, 0.15) is 32.1 Å². The van der Waals surface area contributed by atoms with Crippen molar-refractivity contribution >= 4 is 0 Å². The van der Waals surface area contributed by atoms with Gasteiger partial charge in [0.2, 0.25) is 0 Å². The third kappa shape index (κ3) is 2.25. The van der Waals surface area contributed by atoms with Crippen LogP contribution in [0.25, 0.3) is 0 Å². The van der Waals surface area contributed by atoms with Crippen LogP contribution in [0, 0.1) is 11.8 Å². The summed E-state index contributed by atoms with van der Waals surface area (Å²) < 4.78 is 0. The highest BCUT2D eigenvalue weighted by atomic mass is 14.9. The van der Waals surface area contributed by atoms with Gasteiger partial charge in [-0.15, -0.1) is 0 Å². The minimum absolute atomic E-state index is 0.925. The Bertz CT molecular complexity index is 192. The summed E-state index contributed by atoms with van der Waals surface area (Å²) in [6.45, 7) is 2.45. The molecule has 0 saturated carbocycles. The van der Waals surface area contributed by atoms with Gasteiger partial charge in [-0.3, -0.25) is 0 Å². The third-order valence-electron chi connectivity index (χ3n) is 3.54. The van der Waals surface area contributed by atoms with Crippen molar-refractivity contribution in [2.24, 2.45) is 17.6 Å². The Kier molecular flexibility index (Phi) is 2.89. The van der Waals surface area contributed by atoms with Crippen LogP contribution in [0.4, 0.5) is 0 Å². The van der Waals surface area contributed by atoms with E-state index in [-0.39, 0.29) is 0 Å². The Balaban J connectivity index is 1.86. The summed E-state index contributed by atoms with van der Waals surface area (Å²) in [7, 11) is 0. The zero-order valence-corrected chi connectivity index (χ0v) is 8.26. The van der Waals surface area contributed by atoms with Crippen LogP contribution in [0.3, 0.4) is 0 Å². The van der Waals surface area contributed by atoms with Crippen LogP contribution >= 0.6 is 0 Å². The molecule has 13 heavy (non-hydrogen) atoms. The maximum absolute atomic E-state index is 5.78. The van der Waals surface area contributed by atoms with E-state index in [4.69, 9.17) is 5.73 Å². The highest BCUT2D eigenvalue weighted by molar-refractivity contribution is 5.02. The maximum Gasteiger partial charge on any atom is 0.00401 e. The number of nitrogens with two attached hydrogens (primary N) is 1. The number of hydrogen-bond acceptors (Lipinski definition) is 2. The standard InChI is InChI=1S/C11H20N2/c12-11-3-1-9(2-4-11)10-5-7-13-8-6-10/h3,9-10,13H,1-2,4-8,12H2/t9-/m0/s1. The quantitative estimate of drug-likeness (QED) is 0.643. The van der Waals surface area contributed by atoms with Gasteiger partial charge in [0, 0.05) is 5.70 Å². The van der Waals surface area contributed by atoms with Gasteiger partial charge >= 0.3 is 0 Å². The summed E-state index contributed by atoms with van der Waals surface area (Å²) in [6.07, 6.45) is 8.69. The molecule has 2 nitrogen and oxygen atoms in total. The first-order chi connectivity index (χ1) is 6.36. The lowest BCUT2D eigenvalue weighted by molar-refractivity contribution is 0.241. The van der Waals surface area contributed by atoms with Gasteiger partial charge < -0.3 is 11.1 Å². The lowest BCUT2D eigenvalue weighted by Crippen LogP contribution is -2.32. The maximum atomic E-state index is 5.78. The average Bonchev–Trinajstić information content (AvgIpc) is 2.20. The molecule has 0 spiro atoms. The highest BCUT2D eigenvalue weighted by Crippen LogP contribution is 2.32. The monoisotopic (exact) mass is 180 g/mol. The van der Waals surface area contributed by atoms with Gasteiger partial charge in [0.15, 0.2) is 0 Å². The average molecular weight is 180 g/mol. The summed E-state index contributed by atoms with van der Waals surface area (Å²) in [5, 5.41) is 3.42. The number of piperidine rings is 1. The number of rotatable bonds is 1. The fraction of sp³-hybridized carbons (Fsp3) is 0.818. The fourth-order valence-electron chi connectivity index (χ4n) is 2.62. The van der Waals surface area contributed by atoms with Crippen LogP contribution in [0.15, 0.2) is 11.8 Å². The summed E-state index contributed by atoms with van der Waals surface area (Å²) in [4.78, 5) is 0. The molecule has 0 aromatic carbocycles. The lowest BCUT2D eigenvalue weighted by atomic mass is 9.78. The van der Waals surface area contributed by atoms with E-state index in [1.807, 2.05) is 0 Å². The minimum atomic E-state index is 0.925. The first-order valence-corrected chi connectivity index (χ1v) is 5.51. The molecule has 74 valence electrons. The Morgan fingerprint density at radius 1 is 1.15 bits per heavy atom. The lowest BCUT2D eigenvalue weighted by Gasteiger charge is -2.32. The second-order valence-corrected chi connectivity index (χ2v) is 4.40. The van der Waals surface area contributed by atoms with Gasteiger partial charge in [-0.2, -0.15) is 0 Å². The molecule has 2 heteroatoms. The van der Waals surface area contributed by atoms with E-state index in [0.29, 0.717) is 0 Å². The first kappa shape index (κ1) is 9.07.